The van der Waals surface area contributed by atoms with E-state index in [1.165, 1.54) is 12.1 Å². The van der Waals surface area contributed by atoms with Gasteiger partial charge in [-0.2, -0.15) is 0 Å². The number of carbonyl (C=O) groups excluding carboxylic acids is 1. The summed E-state index contributed by atoms with van der Waals surface area (Å²) in [6.45, 7) is 3.62. The van der Waals surface area contributed by atoms with E-state index < -0.39 is 0 Å². The van der Waals surface area contributed by atoms with Crippen LogP contribution in [0.2, 0.25) is 0 Å². The van der Waals surface area contributed by atoms with E-state index in [9.17, 15) is 9.18 Å². The zero-order valence-electron chi connectivity index (χ0n) is 8.38. The first-order chi connectivity index (χ1) is 6.63. The molecule has 2 nitrogen and oxygen atoms in total. The summed E-state index contributed by atoms with van der Waals surface area (Å²) in [7, 11) is 0. The molecular formula is C11H14FNO. The number of benzene rings is 1. The molecule has 1 N–H and O–H groups in total. The van der Waals surface area contributed by atoms with Crippen molar-refractivity contribution in [2.75, 3.05) is 0 Å². The molecule has 1 amide bonds. The van der Waals surface area contributed by atoms with E-state index >= 15 is 0 Å². The summed E-state index contributed by atoms with van der Waals surface area (Å²) in [4.78, 5) is 11.1. The Bertz CT molecular complexity index is 325. The third-order valence-corrected chi connectivity index (χ3v) is 2.05. The highest BCUT2D eigenvalue weighted by molar-refractivity contribution is 5.75. The summed E-state index contributed by atoms with van der Waals surface area (Å²) in [6, 6.07) is 6.11. The average molecular weight is 195 g/mol. The zero-order valence-corrected chi connectivity index (χ0v) is 8.38. The van der Waals surface area contributed by atoms with Crippen molar-refractivity contribution in [3.63, 3.8) is 0 Å². The third-order valence-electron chi connectivity index (χ3n) is 2.05. The van der Waals surface area contributed by atoms with Gasteiger partial charge in [-0.3, -0.25) is 4.79 Å². The van der Waals surface area contributed by atoms with Crippen LogP contribution in [0.4, 0.5) is 4.39 Å². The summed E-state index contributed by atoms with van der Waals surface area (Å²) in [5, 5.41) is 2.77. The summed E-state index contributed by atoms with van der Waals surface area (Å²) in [5.41, 5.74) is 0.784. The van der Waals surface area contributed by atoms with Crippen LogP contribution in [-0.4, -0.2) is 5.91 Å². The largest absolute Gasteiger partial charge is 0.350 e. The fourth-order valence-corrected chi connectivity index (χ4v) is 1.20. The van der Waals surface area contributed by atoms with Crippen LogP contribution >= 0.6 is 0 Å². The lowest BCUT2D eigenvalue weighted by molar-refractivity contribution is -0.121. The van der Waals surface area contributed by atoms with Gasteiger partial charge in [0.25, 0.3) is 0 Å². The van der Waals surface area contributed by atoms with Crippen LogP contribution in [0.25, 0.3) is 0 Å². The van der Waals surface area contributed by atoms with Crippen LogP contribution < -0.4 is 5.32 Å². The van der Waals surface area contributed by atoms with Crippen molar-refractivity contribution in [1.29, 1.82) is 0 Å². The predicted octanol–water partition coefficient (Wildman–Crippen LogP) is 2.41. The van der Waals surface area contributed by atoms with Gasteiger partial charge >= 0.3 is 0 Å². The molecule has 1 atom stereocenters. The first-order valence-corrected chi connectivity index (χ1v) is 4.68. The van der Waals surface area contributed by atoms with Gasteiger partial charge in [0.1, 0.15) is 5.82 Å². The highest BCUT2D eigenvalue weighted by atomic mass is 19.1. The van der Waals surface area contributed by atoms with E-state index in [2.05, 4.69) is 5.32 Å². The van der Waals surface area contributed by atoms with E-state index in [1.807, 2.05) is 6.92 Å². The fraction of sp³-hybridized carbons (Fsp3) is 0.364. The average Bonchev–Trinajstić information content (AvgIpc) is 2.17. The van der Waals surface area contributed by atoms with E-state index in [1.54, 1.807) is 19.1 Å². The Kier molecular flexibility index (Phi) is 3.63. The number of hydrogen-bond donors (Lipinski definition) is 1. The molecule has 0 spiro atoms. The molecule has 0 heterocycles. The summed E-state index contributed by atoms with van der Waals surface area (Å²) >= 11 is 0. The lowest BCUT2D eigenvalue weighted by Gasteiger charge is -2.13. The molecule has 1 aromatic rings. The van der Waals surface area contributed by atoms with Gasteiger partial charge in [0.2, 0.25) is 5.91 Å². The molecule has 0 saturated heterocycles. The van der Waals surface area contributed by atoms with Crippen LogP contribution in [0, 0.1) is 5.82 Å². The Morgan fingerprint density at radius 3 is 2.86 bits per heavy atom. The molecule has 0 bridgehead atoms. The third kappa shape index (κ3) is 2.83. The van der Waals surface area contributed by atoms with Gasteiger partial charge in [0, 0.05) is 6.42 Å². The molecule has 1 aromatic carbocycles. The number of hydrogen-bond acceptors (Lipinski definition) is 1. The Morgan fingerprint density at radius 1 is 1.57 bits per heavy atom. The monoisotopic (exact) mass is 195 g/mol. The number of halogens is 1. The first-order valence-electron chi connectivity index (χ1n) is 4.68. The second-order valence-electron chi connectivity index (χ2n) is 3.20. The maximum atomic E-state index is 12.8. The van der Waals surface area contributed by atoms with Gasteiger partial charge in [0.15, 0.2) is 0 Å². The molecule has 0 aliphatic carbocycles. The molecule has 0 aliphatic heterocycles. The predicted molar refractivity (Wildman–Crippen MR) is 53.2 cm³/mol. The molecule has 0 saturated carbocycles. The number of rotatable bonds is 3. The van der Waals surface area contributed by atoms with Crippen molar-refractivity contribution in [1.82, 2.24) is 5.32 Å². The van der Waals surface area contributed by atoms with Gasteiger partial charge in [-0.25, -0.2) is 4.39 Å². The molecule has 0 fully saturated rings. The van der Waals surface area contributed by atoms with Crippen molar-refractivity contribution < 1.29 is 9.18 Å². The van der Waals surface area contributed by atoms with Crippen LogP contribution in [0.5, 0.6) is 0 Å². The number of amides is 1. The van der Waals surface area contributed by atoms with Crippen LogP contribution in [0.3, 0.4) is 0 Å². The standard InChI is InChI=1S/C11H14FNO/c1-3-11(14)13-8(2)9-5-4-6-10(12)7-9/h4-8H,3H2,1-2H3,(H,13,14). The maximum absolute atomic E-state index is 12.8. The fourth-order valence-electron chi connectivity index (χ4n) is 1.20. The van der Waals surface area contributed by atoms with Crippen molar-refractivity contribution in [3.05, 3.63) is 35.6 Å². The summed E-state index contributed by atoms with van der Waals surface area (Å²) in [5.74, 6) is -0.304. The van der Waals surface area contributed by atoms with Gasteiger partial charge in [-0.1, -0.05) is 19.1 Å². The van der Waals surface area contributed by atoms with Crippen molar-refractivity contribution in [2.45, 2.75) is 26.3 Å². The molecule has 14 heavy (non-hydrogen) atoms. The quantitative estimate of drug-likeness (QED) is 0.788. The molecule has 1 rings (SSSR count). The maximum Gasteiger partial charge on any atom is 0.220 e. The van der Waals surface area contributed by atoms with Gasteiger partial charge in [-0.05, 0) is 24.6 Å². The molecule has 3 heteroatoms. The molecule has 76 valence electrons. The highest BCUT2D eigenvalue weighted by Gasteiger charge is 2.07. The number of nitrogens with one attached hydrogen (secondary N) is 1. The van der Waals surface area contributed by atoms with Crippen LogP contribution in [0.1, 0.15) is 31.9 Å². The lowest BCUT2D eigenvalue weighted by Crippen LogP contribution is -2.25. The van der Waals surface area contributed by atoms with Crippen molar-refractivity contribution in [3.8, 4) is 0 Å². The van der Waals surface area contributed by atoms with E-state index in [4.69, 9.17) is 0 Å². The minimum atomic E-state index is -0.278. The summed E-state index contributed by atoms with van der Waals surface area (Å²) < 4.78 is 12.8. The van der Waals surface area contributed by atoms with Crippen LogP contribution in [-0.2, 0) is 4.79 Å². The summed E-state index contributed by atoms with van der Waals surface area (Å²) in [6.07, 6.45) is 0.444. The van der Waals surface area contributed by atoms with Crippen molar-refractivity contribution in [2.24, 2.45) is 0 Å². The molecule has 0 radical (unpaired) electrons. The molecule has 0 aliphatic rings. The normalized spacial score (nSPS) is 12.2. The Balaban J connectivity index is 2.69. The molecular weight excluding hydrogens is 181 g/mol. The highest BCUT2D eigenvalue weighted by Crippen LogP contribution is 2.13. The molecule has 0 aromatic heterocycles. The second-order valence-corrected chi connectivity index (χ2v) is 3.20. The van der Waals surface area contributed by atoms with Gasteiger partial charge in [-0.15, -0.1) is 0 Å². The minimum absolute atomic E-state index is 0.0261. The number of carbonyl (C=O) groups is 1. The van der Waals surface area contributed by atoms with E-state index in [0.717, 1.165) is 5.56 Å². The van der Waals surface area contributed by atoms with Crippen molar-refractivity contribution >= 4 is 5.91 Å². The van der Waals surface area contributed by atoms with Gasteiger partial charge < -0.3 is 5.32 Å². The Labute approximate surface area is 83.1 Å². The topological polar surface area (TPSA) is 29.1 Å². The second kappa shape index (κ2) is 4.74. The van der Waals surface area contributed by atoms with E-state index in [-0.39, 0.29) is 17.8 Å². The van der Waals surface area contributed by atoms with Gasteiger partial charge in [0.05, 0.1) is 6.04 Å². The van der Waals surface area contributed by atoms with Crippen LogP contribution in [0.15, 0.2) is 24.3 Å². The lowest BCUT2D eigenvalue weighted by atomic mass is 10.1. The van der Waals surface area contributed by atoms with E-state index in [0.29, 0.717) is 6.42 Å². The Hall–Kier alpha value is -1.38. The molecule has 1 unspecified atom stereocenters. The Morgan fingerprint density at radius 2 is 2.29 bits per heavy atom. The zero-order chi connectivity index (χ0) is 10.6. The first kappa shape index (κ1) is 10.7. The minimum Gasteiger partial charge on any atom is -0.350 e. The smallest absolute Gasteiger partial charge is 0.220 e. The SMILES string of the molecule is CCC(=O)NC(C)c1cccc(F)c1.